The molecule has 2 aromatic carbocycles. The maximum absolute atomic E-state index is 12.3. The zero-order valence-corrected chi connectivity index (χ0v) is 14.1. The Balaban J connectivity index is 1.69. The molecular weight excluding hydrogens is 326 g/mol. The number of carbonyl (C=O) groups excluding carboxylic acids is 1. The molecule has 0 saturated heterocycles. The van der Waals surface area contributed by atoms with Gasteiger partial charge in [0, 0.05) is 18.0 Å². The van der Waals surface area contributed by atoms with Crippen molar-refractivity contribution in [2.45, 2.75) is 12.3 Å². The standard InChI is InChI=1S/C21H17N3O2/c1-2-12-26-17-10-8-15(9-11-17)18-13-19(25)23-21-20(18)22-14-24(21)16-6-4-3-5-7-16/h1,3-11,14,18H,12-13H2,(H,23,25)/t18-/m0/s1. The van der Waals surface area contributed by atoms with Crippen LogP contribution in [0.25, 0.3) is 5.69 Å². The summed E-state index contributed by atoms with van der Waals surface area (Å²) in [6, 6.07) is 17.5. The van der Waals surface area contributed by atoms with Gasteiger partial charge in [-0.25, -0.2) is 4.98 Å². The molecule has 1 N–H and O–H groups in total. The highest BCUT2D eigenvalue weighted by molar-refractivity contribution is 5.94. The van der Waals surface area contributed by atoms with Crippen molar-refractivity contribution in [2.75, 3.05) is 11.9 Å². The molecule has 0 bridgehead atoms. The molecule has 4 rings (SSSR count). The van der Waals surface area contributed by atoms with Crippen molar-refractivity contribution in [3.05, 3.63) is 72.2 Å². The maximum atomic E-state index is 12.3. The molecule has 1 aromatic heterocycles. The SMILES string of the molecule is C#CCOc1ccc([C@@H]2CC(=O)Nc3c2ncn3-c2ccccc2)cc1. The van der Waals surface area contributed by atoms with Crippen LogP contribution in [0.15, 0.2) is 60.9 Å². The highest BCUT2D eigenvalue weighted by Crippen LogP contribution is 2.37. The van der Waals surface area contributed by atoms with Gasteiger partial charge in [0.05, 0.1) is 5.69 Å². The summed E-state index contributed by atoms with van der Waals surface area (Å²) in [5, 5.41) is 2.96. The third-order valence-electron chi connectivity index (χ3n) is 4.41. The zero-order valence-electron chi connectivity index (χ0n) is 14.1. The number of terminal acetylenes is 1. The van der Waals surface area contributed by atoms with E-state index in [1.807, 2.05) is 59.2 Å². The van der Waals surface area contributed by atoms with Gasteiger partial charge in [-0.2, -0.15) is 0 Å². The average molecular weight is 343 g/mol. The fourth-order valence-electron chi connectivity index (χ4n) is 3.19. The van der Waals surface area contributed by atoms with Crippen LogP contribution in [0, 0.1) is 12.3 Å². The van der Waals surface area contributed by atoms with Crippen LogP contribution in [-0.2, 0) is 4.79 Å². The highest BCUT2D eigenvalue weighted by atomic mass is 16.5. The van der Waals surface area contributed by atoms with Crippen LogP contribution in [0.1, 0.15) is 23.6 Å². The Kier molecular flexibility index (Phi) is 4.16. The summed E-state index contributed by atoms with van der Waals surface area (Å²) in [5.41, 5.74) is 2.85. The lowest BCUT2D eigenvalue weighted by Crippen LogP contribution is -2.24. The first-order chi connectivity index (χ1) is 12.8. The first-order valence-electron chi connectivity index (χ1n) is 8.35. The van der Waals surface area contributed by atoms with Crippen LogP contribution in [0.4, 0.5) is 5.82 Å². The Morgan fingerprint density at radius 2 is 1.96 bits per heavy atom. The van der Waals surface area contributed by atoms with Gasteiger partial charge >= 0.3 is 0 Å². The van der Waals surface area contributed by atoms with Gasteiger partial charge in [-0.05, 0) is 29.8 Å². The van der Waals surface area contributed by atoms with Gasteiger partial charge in [-0.1, -0.05) is 36.3 Å². The van der Waals surface area contributed by atoms with E-state index in [0.717, 1.165) is 22.8 Å². The Morgan fingerprint density at radius 1 is 1.19 bits per heavy atom. The summed E-state index contributed by atoms with van der Waals surface area (Å²) in [6.07, 6.45) is 7.33. The number of anilines is 1. The number of hydrogen-bond donors (Lipinski definition) is 1. The van der Waals surface area contributed by atoms with Crippen LogP contribution >= 0.6 is 0 Å². The monoisotopic (exact) mass is 343 g/mol. The quantitative estimate of drug-likeness (QED) is 0.739. The van der Waals surface area contributed by atoms with Crippen LogP contribution in [-0.4, -0.2) is 22.1 Å². The number of carbonyl (C=O) groups is 1. The maximum Gasteiger partial charge on any atom is 0.226 e. The van der Waals surface area contributed by atoms with E-state index >= 15 is 0 Å². The minimum Gasteiger partial charge on any atom is -0.481 e. The molecule has 0 unspecified atom stereocenters. The molecule has 0 saturated carbocycles. The second-order valence-corrected chi connectivity index (χ2v) is 6.05. The summed E-state index contributed by atoms with van der Waals surface area (Å²) in [5.74, 6) is 3.77. The predicted molar refractivity (Wildman–Crippen MR) is 99.4 cm³/mol. The molecular formula is C21H17N3O2. The fraction of sp³-hybridized carbons (Fsp3) is 0.143. The molecule has 5 nitrogen and oxygen atoms in total. The zero-order chi connectivity index (χ0) is 17.9. The third-order valence-corrected chi connectivity index (χ3v) is 4.41. The predicted octanol–water partition coefficient (Wildman–Crippen LogP) is 3.36. The summed E-state index contributed by atoms with van der Waals surface area (Å²) < 4.78 is 7.32. The Labute approximate surface area is 151 Å². The van der Waals surface area contributed by atoms with E-state index in [9.17, 15) is 4.79 Å². The minimum absolute atomic E-state index is 0.0205. The Bertz CT molecular complexity index is 969. The van der Waals surface area contributed by atoms with Crippen molar-refractivity contribution in [1.82, 2.24) is 9.55 Å². The topological polar surface area (TPSA) is 56.1 Å². The van der Waals surface area contributed by atoms with Crippen molar-refractivity contribution < 1.29 is 9.53 Å². The van der Waals surface area contributed by atoms with Gasteiger partial charge < -0.3 is 10.1 Å². The van der Waals surface area contributed by atoms with Crippen LogP contribution in [0.5, 0.6) is 5.75 Å². The van der Waals surface area contributed by atoms with E-state index < -0.39 is 0 Å². The highest BCUT2D eigenvalue weighted by Gasteiger charge is 2.30. The largest absolute Gasteiger partial charge is 0.481 e. The van der Waals surface area contributed by atoms with Gasteiger partial charge in [-0.15, -0.1) is 6.42 Å². The van der Waals surface area contributed by atoms with E-state index in [1.165, 1.54) is 0 Å². The van der Waals surface area contributed by atoms with Crippen LogP contribution < -0.4 is 10.1 Å². The molecule has 128 valence electrons. The summed E-state index contributed by atoms with van der Waals surface area (Å²) in [6.45, 7) is 0.233. The number of ether oxygens (including phenoxy) is 1. The molecule has 2 heterocycles. The molecule has 26 heavy (non-hydrogen) atoms. The van der Waals surface area contributed by atoms with Crippen molar-refractivity contribution >= 4 is 11.7 Å². The van der Waals surface area contributed by atoms with Crippen LogP contribution in [0.3, 0.4) is 0 Å². The summed E-state index contributed by atoms with van der Waals surface area (Å²) >= 11 is 0. The molecule has 3 aromatic rings. The molecule has 0 fully saturated rings. The second-order valence-electron chi connectivity index (χ2n) is 6.05. The number of nitrogens with one attached hydrogen (secondary N) is 1. The van der Waals surface area contributed by atoms with E-state index in [0.29, 0.717) is 12.2 Å². The number of para-hydroxylation sites is 1. The molecule has 0 aliphatic carbocycles. The number of nitrogens with zero attached hydrogens (tertiary/aromatic N) is 2. The number of benzene rings is 2. The number of aromatic nitrogens is 2. The first-order valence-corrected chi connectivity index (χ1v) is 8.35. The second kappa shape index (κ2) is 6.77. The number of hydrogen-bond acceptors (Lipinski definition) is 3. The van der Waals surface area contributed by atoms with Crippen molar-refractivity contribution in [3.8, 4) is 23.8 Å². The third kappa shape index (κ3) is 2.93. The van der Waals surface area contributed by atoms with Gasteiger partial charge in [0.25, 0.3) is 0 Å². The number of rotatable bonds is 4. The molecule has 1 aliphatic heterocycles. The molecule has 0 radical (unpaired) electrons. The number of amides is 1. The number of imidazole rings is 1. The lowest BCUT2D eigenvalue weighted by Gasteiger charge is -2.23. The van der Waals surface area contributed by atoms with Gasteiger partial charge in [0.2, 0.25) is 5.91 Å². The van der Waals surface area contributed by atoms with Crippen LogP contribution in [0.2, 0.25) is 0 Å². The Hall–Kier alpha value is -3.52. The van der Waals surface area contributed by atoms with Crippen molar-refractivity contribution in [1.29, 1.82) is 0 Å². The molecule has 0 spiro atoms. The van der Waals surface area contributed by atoms with Gasteiger partial charge in [-0.3, -0.25) is 9.36 Å². The molecule has 5 heteroatoms. The van der Waals surface area contributed by atoms with Crippen molar-refractivity contribution in [3.63, 3.8) is 0 Å². The first kappa shape index (κ1) is 16.0. The lowest BCUT2D eigenvalue weighted by atomic mass is 9.90. The summed E-state index contributed by atoms with van der Waals surface area (Å²) in [4.78, 5) is 16.9. The lowest BCUT2D eigenvalue weighted by molar-refractivity contribution is -0.116. The smallest absolute Gasteiger partial charge is 0.226 e. The normalized spacial score (nSPS) is 15.7. The Morgan fingerprint density at radius 3 is 2.69 bits per heavy atom. The molecule has 1 atom stereocenters. The molecule has 1 aliphatic rings. The van der Waals surface area contributed by atoms with Gasteiger partial charge in [0.1, 0.15) is 24.5 Å². The van der Waals surface area contributed by atoms with E-state index in [-0.39, 0.29) is 18.4 Å². The minimum atomic E-state index is -0.0922. The average Bonchev–Trinajstić information content (AvgIpc) is 3.10. The van der Waals surface area contributed by atoms with Gasteiger partial charge in [0.15, 0.2) is 0 Å². The van der Waals surface area contributed by atoms with E-state index in [1.54, 1.807) is 6.33 Å². The number of fused-ring (bicyclic) bond motifs is 1. The molecule has 1 amide bonds. The van der Waals surface area contributed by atoms with E-state index in [2.05, 4.69) is 16.2 Å². The summed E-state index contributed by atoms with van der Waals surface area (Å²) in [7, 11) is 0. The van der Waals surface area contributed by atoms with E-state index in [4.69, 9.17) is 11.2 Å². The van der Waals surface area contributed by atoms with Crippen molar-refractivity contribution in [2.24, 2.45) is 0 Å². The fourth-order valence-corrected chi connectivity index (χ4v) is 3.19.